The number of rotatable bonds is 3. The molecule has 0 aromatic rings. The molecule has 3 nitrogen and oxygen atoms in total. The second-order valence-electron chi connectivity index (χ2n) is 4.72. The summed E-state index contributed by atoms with van der Waals surface area (Å²) in [6.45, 7) is 2.38. The van der Waals surface area contributed by atoms with Crippen molar-refractivity contribution in [3.05, 3.63) is 0 Å². The highest BCUT2D eigenvalue weighted by Gasteiger charge is 2.30. The fraction of sp³-hybridized carbons (Fsp3) is 1.00. The molecular weight excluding hydrogens is 178 g/mol. The molecule has 3 heteroatoms. The van der Waals surface area contributed by atoms with E-state index in [0.29, 0.717) is 6.10 Å². The highest BCUT2D eigenvalue weighted by molar-refractivity contribution is 4.89. The summed E-state index contributed by atoms with van der Waals surface area (Å²) in [5.74, 6) is 0. The van der Waals surface area contributed by atoms with Crippen LogP contribution in [0.25, 0.3) is 0 Å². The molecule has 0 radical (unpaired) electrons. The molecule has 2 rings (SSSR count). The SMILES string of the molecule is NC1(COC2CCCOC2)CCCC1. The molecule has 1 aliphatic carbocycles. The van der Waals surface area contributed by atoms with Gasteiger partial charge in [0.2, 0.25) is 0 Å². The molecule has 2 aliphatic rings. The van der Waals surface area contributed by atoms with Gasteiger partial charge in [-0.05, 0) is 25.7 Å². The predicted molar refractivity (Wildman–Crippen MR) is 55.2 cm³/mol. The molecule has 1 unspecified atom stereocenters. The molecule has 0 spiro atoms. The van der Waals surface area contributed by atoms with Crippen molar-refractivity contribution >= 4 is 0 Å². The van der Waals surface area contributed by atoms with E-state index in [0.717, 1.165) is 45.5 Å². The van der Waals surface area contributed by atoms with Gasteiger partial charge < -0.3 is 15.2 Å². The predicted octanol–water partition coefficient (Wildman–Crippen LogP) is 1.45. The summed E-state index contributed by atoms with van der Waals surface area (Å²) < 4.78 is 11.2. The highest BCUT2D eigenvalue weighted by atomic mass is 16.5. The van der Waals surface area contributed by atoms with Crippen molar-refractivity contribution in [3.63, 3.8) is 0 Å². The molecule has 0 aromatic carbocycles. The molecule has 1 heterocycles. The Morgan fingerprint density at radius 3 is 2.71 bits per heavy atom. The van der Waals surface area contributed by atoms with E-state index in [9.17, 15) is 0 Å². The first-order chi connectivity index (χ1) is 6.79. The lowest BCUT2D eigenvalue weighted by atomic mass is 10.0. The Hall–Kier alpha value is -0.120. The largest absolute Gasteiger partial charge is 0.379 e. The smallest absolute Gasteiger partial charge is 0.0810 e. The van der Waals surface area contributed by atoms with Crippen LogP contribution in [0.5, 0.6) is 0 Å². The first-order valence-electron chi connectivity index (χ1n) is 5.77. The molecule has 0 aromatic heterocycles. The average molecular weight is 199 g/mol. The van der Waals surface area contributed by atoms with Gasteiger partial charge in [0, 0.05) is 12.1 Å². The van der Waals surface area contributed by atoms with Crippen LogP contribution in [0.2, 0.25) is 0 Å². The zero-order chi connectivity index (χ0) is 9.86. The molecule has 0 bridgehead atoms. The maximum atomic E-state index is 6.21. The van der Waals surface area contributed by atoms with Crippen molar-refractivity contribution in [2.45, 2.75) is 50.2 Å². The van der Waals surface area contributed by atoms with E-state index in [2.05, 4.69) is 0 Å². The number of nitrogens with two attached hydrogens (primary N) is 1. The Morgan fingerprint density at radius 2 is 2.07 bits per heavy atom. The van der Waals surface area contributed by atoms with Crippen molar-refractivity contribution in [2.75, 3.05) is 19.8 Å². The van der Waals surface area contributed by atoms with E-state index < -0.39 is 0 Å². The Bertz CT molecular complexity index is 172. The lowest BCUT2D eigenvalue weighted by Crippen LogP contribution is -2.43. The second-order valence-corrected chi connectivity index (χ2v) is 4.72. The maximum absolute atomic E-state index is 6.21. The minimum Gasteiger partial charge on any atom is -0.379 e. The molecule has 2 N–H and O–H groups in total. The molecule has 2 fully saturated rings. The van der Waals surface area contributed by atoms with Crippen molar-refractivity contribution in [1.29, 1.82) is 0 Å². The molecule has 1 saturated heterocycles. The van der Waals surface area contributed by atoms with E-state index in [1.54, 1.807) is 0 Å². The minimum atomic E-state index is -0.0303. The maximum Gasteiger partial charge on any atom is 0.0810 e. The third kappa shape index (κ3) is 2.69. The van der Waals surface area contributed by atoms with Crippen LogP contribution >= 0.6 is 0 Å². The summed E-state index contributed by atoms with van der Waals surface area (Å²) in [7, 11) is 0. The van der Waals surface area contributed by atoms with Crippen molar-refractivity contribution in [1.82, 2.24) is 0 Å². The number of ether oxygens (including phenoxy) is 2. The highest BCUT2D eigenvalue weighted by Crippen LogP contribution is 2.28. The Morgan fingerprint density at radius 1 is 1.29 bits per heavy atom. The van der Waals surface area contributed by atoms with E-state index in [1.165, 1.54) is 12.8 Å². The van der Waals surface area contributed by atoms with E-state index in [4.69, 9.17) is 15.2 Å². The van der Waals surface area contributed by atoms with Gasteiger partial charge in [0.25, 0.3) is 0 Å². The van der Waals surface area contributed by atoms with Crippen LogP contribution in [0, 0.1) is 0 Å². The Balaban J connectivity index is 1.70. The topological polar surface area (TPSA) is 44.5 Å². The first kappa shape index (κ1) is 10.4. The van der Waals surface area contributed by atoms with Crippen LogP contribution in [0.4, 0.5) is 0 Å². The first-order valence-corrected chi connectivity index (χ1v) is 5.77. The van der Waals surface area contributed by atoms with Crippen LogP contribution in [-0.2, 0) is 9.47 Å². The lowest BCUT2D eigenvalue weighted by molar-refractivity contribution is -0.0629. The zero-order valence-corrected chi connectivity index (χ0v) is 8.84. The summed E-state index contributed by atoms with van der Waals surface area (Å²) in [6.07, 6.45) is 7.34. The van der Waals surface area contributed by atoms with Gasteiger partial charge in [0.15, 0.2) is 0 Å². The van der Waals surface area contributed by atoms with Crippen LogP contribution < -0.4 is 5.73 Å². The minimum absolute atomic E-state index is 0.0303. The van der Waals surface area contributed by atoms with E-state index in [1.807, 2.05) is 0 Å². The monoisotopic (exact) mass is 199 g/mol. The molecule has 0 amide bonds. The van der Waals surface area contributed by atoms with E-state index >= 15 is 0 Å². The second kappa shape index (κ2) is 4.60. The number of hydrogen-bond donors (Lipinski definition) is 1. The van der Waals surface area contributed by atoms with Gasteiger partial charge in [-0.15, -0.1) is 0 Å². The zero-order valence-electron chi connectivity index (χ0n) is 8.84. The average Bonchev–Trinajstić information content (AvgIpc) is 2.65. The summed E-state index contributed by atoms with van der Waals surface area (Å²) in [6, 6.07) is 0. The summed E-state index contributed by atoms with van der Waals surface area (Å²) in [4.78, 5) is 0. The Kier molecular flexibility index (Phi) is 3.42. The fourth-order valence-corrected chi connectivity index (χ4v) is 2.35. The van der Waals surface area contributed by atoms with Gasteiger partial charge in [0.1, 0.15) is 0 Å². The molecule has 1 atom stereocenters. The van der Waals surface area contributed by atoms with Gasteiger partial charge in [-0.3, -0.25) is 0 Å². The molecule has 1 aliphatic heterocycles. The number of hydrogen-bond acceptors (Lipinski definition) is 3. The van der Waals surface area contributed by atoms with Gasteiger partial charge in [0.05, 0.1) is 19.3 Å². The summed E-state index contributed by atoms with van der Waals surface area (Å²) in [5, 5.41) is 0. The van der Waals surface area contributed by atoms with Gasteiger partial charge in [-0.2, -0.15) is 0 Å². The van der Waals surface area contributed by atoms with E-state index in [-0.39, 0.29) is 5.54 Å². The molecule has 1 saturated carbocycles. The summed E-state index contributed by atoms with van der Waals surface area (Å²) in [5.41, 5.74) is 6.18. The quantitative estimate of drug-likeness (QED) is 0.748. The molecule has 82 valence electrons. The standard InChI is InChI=1S/C11H21NO2/c12-11(5-1-2-6-11)9-14-10-4-3-7-13-8-10/h10H,1-9,12H2. The normalized spacial score (nSPS) is 31.9. The van der Waals surface area contributed by atoms with Crippen LogP contribution in [0.3, 0.4) is 0 Å². The van der Waals surface area contributed by atoms with Gasteiger partial charge in [-0.25, -0.2) is 0 Å². The van der Waals surface area contributed by atoms with Gasteiger partial charge >= 0.3 is 0 Å². The lowest BCUT2D eigenvalue weighted by Gasteiger charge is -2.28. The summed E-state index contributed by atoms with van der Waals surface area (Å²) >= 11 is 0. The third-order valence-corrected chi connectivity index (χ3v) is 3.32. The fourth-order valence-electron chi connectivity index (χ4n) is 2.35. The molecular formula is C11H21NO2. The van der Waals surface area contributed by atoms with Crippen LogP contribution in [-0.4, -0.2) is 31.5 Å². The van der Waals surface area contributed by atoms with Crippen LogP contribution in [0.1, 0.15) is 38.5 Å². The van der Waals surface area contributed by atoms with Crippen molar-refractivity contribution in [3.8, 4) is 0 Å². The van der Waals surface area contributed by atoms with Gasteiger partial charge in [-0.1, -0.05) is 12.8 Å². The van der Waals surface area contributed by atoms with Crippen molar-refractivity contribution < 1.29 is 9.47 Å². The van der Waals surface area contributed by atoms with Crippen LogP contribution in [0.15, 0.2) is 0 Å². The molecule has 14 heavy (non-hydrogen) atoms. The Labute approximate surface area is 85.9 Å². The van der Waals surface area contributed by atoms with Crippen molar-refractivity contribution in [2.24, 2.45) is 5.73 Å². The third-order valence-electron chi connectivity index (χ3n) is 3.32.